The van der Waals surface area contributed by atoms with Gasteiger partial charge in [-0.15, -0.1) is 0 Å². The molecule has 0 atom stereocenters. The smallest absolute Gasteiger partial charge is 0.304 e. The average molecular weight is 230 g/mol. The van der Waals surface area contributed by atoms with E-state index in [0.717, 1.165) is 5.56 Å². The zero-order valence-corrected chi connectivity index (χ0v) is 8.79. The van der Waals surface area contributed by atoms with Gasteiger partial charge < -0.3 is 15.5 Å². The summed E-state index contributed by atoms with van der Waals surface area (Å²) in [6.45, 7) is 0.946. The lowest BCUT2D eigenvalue weighted by molar-refractivity contribution is -0.136. The van der Waals surface area contributed by atoms with E-state index in [2.05, 4.69) is 5.32 Å². The molecule has 0 saturated heterocycles. The molecule has 0 spiro atoms. The van der Waals surface area contributed by atoms with Crippen LogP contribution in [0.3, 0.4) is 0 Å². The summed E-state index contributed by atoms with van der Waals surface area (Å²) in [4.78, 5) is 10.2. The fourth-order valence-corrected chi connectivity index (χ4v) is 1.29. The van der Waals surface area contributed by atoms with Crippen LogP contribution in [-0.2, 0) is 11.3 Å². The van der Waals surface area contributed by atoms with Gasteiger partial charge in [0.25, 0.3) is 0 Å². The van der Waals surface area contributed by atoms with Gasteiger partial charge in [-0.3, -0.25) is 4.79 Å². The predicted molar refractivity (Wildman–Crippen MR) is 57.1 cm³/mol. The first-order valence-electron chi connectivity index (χ1n) is 4.49. The molecule has 0 amide bonds. The third kappa shape index (κ3) is 4.18. The Kier molecular flexibility index (Phi) is 4.39. The Morgan fingerprint density at radius 1 is 1.47 bits per heavy atom. The van der Waals surface area contributed by atoms with Gasteiger partial charge in [-0.05, 0) is 17.7 Å². The van der Waals surface area contributed by atoms with Crippen LogP contribution in [0.25, 0.3) is 0 Å². The Morgan fingerprint density at radius 2 is 2.20 bits per heavy atom. The molecule has 0 aliphatic heterocycles. The largest absolute Gasteiger partial charge is 0.506 e. The molecule has 3 N–H and O–H groups in total. The molecule has 0 saturated carbocycles. The molecule has 15 heavy (non-hydrogen) atoms. The van der Waals surface area contributed by atoms with Crippen molar-refractivity contribution in [3.05, 3.63) is 28.8 Å². The first kappa shape index (κ1) is 11.8. The van der Waals surface area contributed by atoms with Crippen molar-refractivity contribution in [1.82, 2.24) is 5.32 Å². The predicted octanol–water partition coefficient (Wildman–Crippen LogP) is 1.61. The van der Waals surface area contributed by atoms with E-state index in [1.54, 1.807) is 12.1 Å². The third-order valence-corrected chi connectivity index (χ3v) is 2.16. The van der Waals surface area contributed by atoms with E-state index in [1.165, 1.54) is 6.07 Å². The average Bonchev–Trinajstić information content (AvgIpc) is 2.18. The van der Waals surface area contributed by atoms with Gasteiger partial charge in [0.15, 0.2) is 0 Å². The summed E-state index contributed by atoms with van der Waals surface area (Å²) in [5, 5.41) is 20.8. The summed E-state index contributed by atoms with van der Waals surface area (Å²) in [7, 11) is 0. The van der Waals surface area contributed by atoms with Crippen LogP contribution in [0.5, 0.6) is 5.75 Å². The minimum atomic E-state index is -0.828. The van der Waals surface area contributed by atoms with Crippen molar-refractivity contribution in [3.8, 4) is 5.75 Å². The number of aliphatic carboxylic acids is 1. The quantitative estimate of drug-likeness (QED) is 0.671. The molecular weight excluding hydrogens is 218 g/mol. The monoisotopic (exact) mass is 229 g/mol. The number of carboxylic acids is 1. The van der Waals surface area contributed by atoms with Crippen LogP contribution in [0.2, 0.25) is 5.02 Å². The zero-order valence-electron chi connectivity index (χ0n) is 8.03. The summed E-state index contributed by atoms with van der Waals surface area (Å²) in [6.07, 6.45) is 0.0891. The third-order valence-electron chi connectivity index (χ3n) is 1.86. The number of benzene rings is 1. The van der Waals surface area contributed by atoms with Gasteiger partial charge in [-0.2, -0.15) is 0 Å². The second-order valence-electron chi connectivity index (χ2n) is 3.11. The van der Waals surface area contributed by atoms with Crippen LogP contribution in [0.15, 0.2) is 18.2 Å². The van der Waals surface area contributed by atoms with E-state index >= 15 is 0 Å². The Labute approximate surface area is 92.5 Å². The van der Waals surface area contributed by atoms with Gasteiger partial charge in [0, 0.05) is 13.1 Å². The number of nitrogens with one attached hydrogen (secondary N) is 1. The van der Waals surface area contributed by atoms with Crippen LogP contribution in [-0.4, -0.2) is 22.7 Å². The first-order chi connectivity index (χ1) is 7.09. The van der Waals surface area contributed by atoms with Crippen molar-refractivity contribution in [2.75, 3.05) is 6.54 Å². The van der Waals surface area contributed by atoms with E-state index in [1.807, 2.05) is 0 Å². The fraction of sp³-hybridized carbons (Fsp3) is 0.300. The molecule has 0 heterocycles. The van der Waals surface area contributed by atoms with Crippen LogP contribution in [0.1, 0.15) is 12.0 Å². The number of rotatable bonds is 5. The summed E-state index contributed by atoms with van der Waals surface area (Å²) in [5.74, 6) is -0.780. The molecule has 4 nitrogen and oxygen atoms in total. The lowest BCUT2D eigenvalue weighted by Gasteiger charge is -2.04. The molecule has 1 aromatic rings. The molecule has 0 radical (unpaired) electrons. The molecule has 0 fully saturated rings. The fourth-order valence-electron chi connectivity index (χ4n) is 1.09. The van der Waals surface area contributed by atoms with E-state index in [-0.39, 0.29) is 12.2 Å². The summed E-state index contributed by atoms with van der Waals surface area (Å²) in [5.41, 5.74) is 0.906. The maximum absolute atomic E-state index is 10.2. The molecular formula is C10H12ClNO3. The number of halogens is 1. The van der Waals surface area contributed by atoms with Crippen molar-refractivity contribution >= 4 is 17.6 Å². The molecule has 5 heteroatoms. The highest BCUT2D eigenvalue weighted by atomic mass is 35.5. The lowest BCUT2D eigenvalue weighted by atomic mass is 10.2. The van der Waals surface area contributed by atoms with Crippen molar-refractivity contribution in [3.63, 3.8) is 0 Å². The van der Waals surface area contributed by atoms with Crippen molar-refractivity contribution in [1.29, 1.82) is 0 Å². The van der Waals surface area contributed by atoms with Gasteiger partial charge in [0.05, 0.1) is 11.4 Å². The normalized spacial score (nSPS) is 10.2. The number of carbonyl (C=O) groups is 1. The second kappa shape index (κ2) is 5.58. The van der Waals surface area contributed by atoms with E-state index in [0.29, 0.717) is 18.1 Å². The van der Waals surface area contributed by atoms with Crippen molar-refractivity contribution in [2.24, 2.45) is 0 Å². The van der Waals surface area contributed by atoms with Gasteiger partial charge in [-0.25, -0.2) is 0 Å². The zero-order chi connectivity index (χ0) is 11.3. The second-order valence-corrected chi connectivity index (χ2v) is 3.51. The standard InChI is InChI=1S/C10H12ClNO3/c11-8-5-7(1-2-9(8)13)6-12-4-3-10(14)15/h1-2,5,12-13H,3-4,6H2,(H,14,15). The van der Waals surface area contributed by atoms with E-state index in [4.69, 9.17) is 21.8 Å². The summed E-state index contributed by atoms with van der Waals surface area (Å²) >= 11 is 5.71. The summed E-state index contributed by atoms with van der Waals surface area (Å²) < 4.78 is 0. The van der Waals surface area contributed by atoms with Crippen LogP contribution in [0, 0.1) is 0 Å². The van der Waals surface area contributed by atoms with Gasteiger partial charge in [-0.1, -0.05) is 17.7 Å². The summed E-state index contributed by atoms with van der Waals surface area (Å²) in [6, 6.07) is 4.89. The molecule has 82 valence electrons. The molecule has 0 aromatic heterocycles. The molecule has 0 bridgehead atoms. The Bertz CT molecular complexity index is 355. The Balaban J connectivity index is 2.38. The maximum Gasteiger partial charge on any atom is 0.304 e. The Hall–Kier alpha value is -1.26. The first-order valence-corrected chi connectivity index (χ1v) is 4.87. The van der Waals surface area contributed by atoms with Crippen LogP contribution in [0.4, 0.5) is 0 Å². The minimum Gasteiger partial charge on any atom is -0.506 e. The SMILES string of the molecule is O=C(O)CCNCc1ccc(O)c(Cl)c1. The highest BCUT2D eigenvalue weighted by molar-refractivity contribution is 6.32. The van der Waals surface area contributed by atoms with Gasteiger partial charge in [0.2, 0.25) is 0 Å². The maximum atomic E-state index is 10.2. The molecule has 1 aromatic carbocycles. The highest BCUT2D eigenvalue weighted by Gasteiger charge is 2.00. The number of phenols is 1. The number of hydrogen-bond donors (Lipinski definition) is 3. The highest BCUT2D eigenvalue weighted by Crippen LogP contribution is 2.23. The molecule has 1 rings (SSSR count). The van der Waals surface area contributed by atoms with Crippen LogP contribution < -0.4 is 5.32 Å². The van der Waals surface area contributed by atoms with Crippen LogP contribution >= 0.6 is 11.6 Å². The van der Waals surface area contributed by atoms with E-state index < -0.39 is 5.97 Å². The van der Waals surface area contributed by atoms with Crippen molar-refractivity contribution < 1.29 is 15.0 Å². The number of phenolic OH excluding ortho intramolecular Hbond substituents is 1. The number of carboxylic acid groups (broad SMARTS) is 1. The van der Waals surface area contributed by atoms with E-state index in [9.17, 15) is 4.79 Å². The number of hydrogen-bond acceptors (Lipinski definition) is 3. The minimum absolute atomic E-state index is 0.0472. The molecule has 0 aliphatic rings. The van der Waals surface area contributed by atoms with Gasteiger partial charge in [0.1, 0.15) is 5.75 Å². The molecule has 0 aliphatic carbocycles. The molecule has 0 unspecified atom stereocenters. The number of aromatic hydroxyl groups is 1. The van der Waals surface area contributed by atoms with Gasteiger partial charge >= 0.3 is 5.97 Å². The lowest BCUT2D eigenvalue weighted by Crippen LogP contribution is -2.17. The topological polar surface area (TPSA) is 69.6 Å². The van der Waals surface area contributed by atoms with Crippen molar-refractivity contribution in [2.45, 2.75) is 13.0 Å². The Morgan fingerprint density at radius 3 is 2.80 bits per heavy atom.